The Morgan fingerprint density at radius 3 is 2.38 bits per heavy atom. The van der Waals surface area contributed by atoms with Crippen molar-refractivity contribution in [2.45, 2.75) is 25.7 Å². The third kappa shape index (κ3) is 2.22. The predicted molar refractivity (Wildman–Crippen MR) is 60.6 cm³/mol. The maximum Gasteiger partial charge on any atom is 0.0175 e. The van der Waals surface area contributed by atoms with Crippen LogP contribution in [0.15, 0.2) is 34.8 Å². The quantitative estimate of drug-likeness (QED) is 0.678. The van der Waals surface area contributed by atoms with E-state index in [9.17, 15) is 0 Å². The van der Waals surface area contributed by atoms with E-state index in [2.05, 4.69) is 46.3 Å². The van der Waals surface area contributed by atoms with Crippen LogP contribution in [-0.2, 0) is 0 Å². The number of rotatable bonds is 1. The first-order valence-corrected chi connectivity index (χ1v) is 5.60. The smallest absolute Gasteiger partial charge is 0.0175 e. The van der Waals surface area contributed by atoms with Gasteiger partial charge in [-0.1, -0.05) is 34.1 Å². The molecule has 1 aromatic carbocycles. The molecule has 0 N–H and O–H groups in total. The molecule has 1 heteroatoms. The monoisotopic (exact) mass is 236 g/mol. The fourth-order valence-electron chi connectivity index (χ4n) is 1.76. The molecule has 0 saturated heterocycles. The second-order valence-electron chi connectivity index (χ2n) is 3.48. The van der Waals surface area contributed by atoms with Gasteiger partial charge in [-0.25, -0.2) is 0 Å². The zero-order valence-electron chi connectivity index (χ0n) is 7.59. The lowest BCUT2D eigenvalue weighted by molar-refractivity contribution is 0.742. The van der Waals surface area contributed by atoms with Crippen LogP contribution < -0.4 is 0 Å². The maximum atomic E-state index is 3.45. The van der Waals surface area contributed by atoms with Crippen LogP contribution in [0.3, 0.4) is 0 Å². The van der Waals surface area contributed by atoms with Crippen LogP contribution in [-0.4, -0.2) is 0 Å². The standard InChI is InChI=1S/C12H13Br/c13-12-8-6-11(7-9-12)10-4-2-1-3-5-10/h4,6-9H,1-3,5H2. The van der Waals surface area contributed by atoms with Gasteiger partial charge < -0.3 is 0 Å². The molecule has 0 fully saturated rings. The Bertz CT molecular complexity index is 308. The van der Waals surface area contributed by atoms with E-state index in [1.807, 2.05) is 0 Å². The predicted octanol–water partition coefficient (Wildman–Crippen LogP) is 4.41. The van der Waals surface area contributed by atoms with Gasteiger partial charge in [0.05, 0.1) is 0 Å². The molecule has 2 rings (SSSR count). The molecule has 0 aliphatic heterocycles. The highest BCUT2D eigenvalue weighted by Crippen LogP contribution is 2.27. The van der Waals surface area contributed by atoms with Gasteiger partial charge >= 0.3 is 0 Å². The topological polar surface area (TPSA) is 0 Å². The highest BCUT2D eigenvalue weighted by molar-refractivity contribution is 9.10. The van der Waals surface area contributed by atoms with Crippen LogP contribution in [0.25, 0.3) is 5.57 Å². The van der Waals surface area contributed by atoms with Gasteiger partial charge in [0.15, 0.2) is 0 Å². The Labute approximate surface area is 87.8 Å². The molecule has 0 saturated carbocycles. The maximum absolute atomic E-state index is 3.45. The van der Waals surface area contributed by atoms with Crippen molar-refractivity contribution in [2.75, 3.05) is 0 Å². The molecule has 1 aromatic rings. The SMILES string of the molecule is Brc1ccc(C2=CCCCC2)cc1. The Hall–Kier alpha value is -0.560. The largest absolute Gasteiger partial charge is 0.0807 e. The summed E-state index contributed by atoms with van der Waals surface area (Å²) in [5.74, 6) is 0. The van der Waals surface area contributed by atoms with E-state index in [-0.39, 0.29) is 0 Å². The zero-order valence-corrected chi connectivity index (χ0v) is 9.18. The summed E-state index contributed by atoms with van der Waals surface area (Å²) in [5.41, 5.74) is 2.92. The van der Waals surface area contributed by atoms with Gasteiger partial charge in [0.2, 0.25) is 0 Å². The molecule has 0 spiro atoms. The van der Waals surface area contributed by atoms with Crippen LogP contribution in [0, 0.1) is 0 Å². The van der Waals surface area contributed by atoms with Gasteiger partial charge in [-0.2, -0.15) is 0 Å². The first-order chi connectivity index (χ1) is 6.36. The van der Waals surface area contributed by atoms with Crippen LogP contribution in [0.5, 0.6) is 0 Å². The van der Waals surface area contributed by atoms with Gasteiger partial charge in [0, 0.05) is 4.47 Å². The third-order valence-corrected chi connectivity index (χ3v) is 3.03. The number of hydrogen-bond donors (Lipinski definition) is 0. The third-order valence-electron chi connectivity index (χ3n) is 2.51. The molecular formula is C12H13Br. The summed E-state index contributed by atoms with van der Waals surface area (Å²) in [6.45, 7) is 0. The van der Waals surface area contributed by atoms with Crippen molar-refractivity contribution in [2.24, 2.45) is 0 Å². The molecule has 0 heterocycles. The Balaban J connectivity index is 2.24. The van der Waals surface area contributed by atoms with E-state index in [0.717, 1.165) is 4.47 Å². The van der Waals surface area contributed by atoms with E-state index in [1.54, 1.807) is 0 Å². The molecule has 0 unspecified atom stereocenters. The number of halogens is 1. The summed E-state index contributed by atoms with van der Waals surface area (Å²) in [7, 11) is 0. The fourth-order valence-corrected chi connectivity index (χ4v) is 2.03. The van der Waals surface area contributed by atoms with E-state index < -0.39 is 0 Å². The average molecular weight is 237 g/mol. The van der Waals surface area contributed by atoms with E-state index >= 15 is 0 Å². The molecule has 68 valence electrons. The van der Waals surface area contributed by atoms with Crippen molar-refractivity contribution in [3.8, 4) is 0 Å². The Kier molecular flexibility index (Phi) is 2.84. The second kappa shape index (κ2) is 4.10. The van der Waals surface area contributed by atoms with Gasteiger partial charge in [-0.05, 0) is 49.0 Å². The minimum absolute atomic E-state index is 1.16. The second-order valence-corrected chi connectivity index (χ2v) is 4.40. The lowest BCUT2D eigenvalue weighted by Crippen LogP contribution is -1.90. The van der Waals surface area contributed by atoms with Crippen LogP contribution in [0.4, 0.5) is 0 Å². The molecule has 0 radical (unpaired) electrons. The summed E-state index contributed by atoms with van der Waals surface area (Å²) in [4.78, 5) is 0. The van der Waals surface area contributed by atoms with Crippen molar-refractivity contribution in [3.63, 3.8) is 0 Å². The fraction of sp³-hybridized carbons (Fsp3) is 0.333. The highest BCUT2D eigenvalue weighted by atomic mass is 79.9. The van der Waals surface area contributed by atoms with Crippen LogP contribution in [0.1, 0.15) is 31.2 Å². The normalized spacial score (nSPS) is 16.8. The van der Waals surface area contributed by atoms with Crippen LogP contribution >= 0.6 is 15.9 Å². The average Bonchev–Trinajstić information content (AvgIpc) is 2.20. The molecule has 0 amide bonds. The molecule has 0 aromatic heterocycles. The van der Waals surface area contributed by atoms with Crippen LogP contribution in [0.2, 0.25) is 0 Å². The summed E-state index contributed by atoms with van der Waals surface area (Å²) >= 11 is 3.45. The molecule has 1 aliphatic rings. The van der Waals surface area contributed by atoms with E-state index in [4.69, 9.17) is 0 Å². The lowest BCUT2D eigenvalue weighted by Gasteiger charge is -2.12. The summed E-state index contributed by atoms with van der Waals surface area (Å²) < 4.78 is 1.16. The van der Waals surface area contributed by atoms with Crippen molar-refractivity contribution < 1.29 is 0 Å². The summed E-state index contributed by atoms with van der Waals surface area (Å²) in [6.07, 6.45) is 7.60. The van der Waals surface area contributed by atoms with Crippen molar-refractivity contribution in [3.05, 3.63) is 40.4 Å². The molecule has 1 aliphatic carbocycles. The lowest BCUT2D eigenvalue weighted by atomic mass is 9.94. The summed E-state index contributed by atoms with van der Waals surface area (Å²) in [6, 6.07) is 8.62. The molecule has 13 heavy (non-hydrogen) atoms. The minimum atomic E-state index is 1.16. The molecular weight excluding hydrogens is 224 g/mol. The summed E-state index contributed by atoms with van der Waals surface area (Å²) in [5, 5.41) is 0. The number of benzene rings is 1. The van der Waals surface area contributed by atoms with E-state index in [1.165, 1.54) is 36.8 Å². The first kappa shape index (κ1) is 9.01. The molecule has 0 nitrogen and oxygen atoms in total. The van der Waals surface area contributed by atoms with Crippen molar-refractivity contribution in [1.29, 1.82) is 0 Å². The van der Waals surface area contributed by atoms with Crippen molar-refractivity contribution >= 4 is 21.5 Å². The number of hydrogen-bond acceptors (Lipinski definition) is 0. The zero-order chi connectivity index (χ0) is 9.10. The molecule has 0 atom stereocenters. The number of allylic oxidation sites excluding steroid dienone is 2. The van der Waals surface area contributed by atoms with E-state index in [0.29, 0.717) is 0 Å². The highest BCUT2D eigenvalue weighted by Gasteiger charge is 2.05. The Morgan fingerprint density at radius 1 is 1.00 bits per heavy atom. The van der Waals surface area contributed by atoms with Crippen molar-refractivity contribution in [1.82, 2.24) is 0 Å². The van der Waals surface area contributed by atoms with Gasteiger partial charge in [0.1, 0.15) is 0 Å². The van der Waals surface area contributed by atoms with Gasteiger partial charge in [-0.3, -0.25) is 0 Å². The van der Waals surface area contributed by atoms with Gasteiger partial charge in [-0.15, -0.1) is 0 Å². The van der Waals surface area contributed by atoms with Gasteiger partial charge in [0.25, 0.3) is 0 Å². The Morgan fingerprint density at radius 2 is 1.77 bits per heavy atom. The minimum Gasteiger partial charge on any atom is -0.0807 e. The first-order valence-electron chi connectivity index (χ1n) is 4.81. The molecule has 0 bridgehead atoms.